The van der Waals surface area contributed by atoms with E-state index in [0.29, 0.717) is 16.1 Å². The molecule has 1 amide bonds. The van der Waals surface area contributed by atoms with Gasteiger partial charge in [-0.15, -0.1) is 0 Å². The lowest BCUT2D eigenvalue weighted by Gasteiger charge is -2.19. The first-order valence-corrected chi connectivity index (χ1v) is 11.3. The predicted octanol–water partition coefficient (Wildman–Crippen LogP) is 4.41. The number of carbonyl (C=O) groups excluding carboxylic acids is 1. The van der Waals surface area contributed by atoms with E-state index in [2.05, 4.69) is 5.32 Å². The summed E-state index contributed by atoms with van der Waals surface area (Å²) in [5.74, 6) is 0.0229. The molecule has 2 aromatic carbocycles. The molecule has 1 saturated carbocycles. The molecule has 0 bridgehead atoms. The highest BCUT2D eigenvalue weighted by molar-refractivity contribution is 8.00. The summed E-state index contributed by atoms with van der Waals surface area (Å²) in [7, 11) is 1.72. The van der Waals surface area contributed by atoms with E-state index in [1.807, 2.05) is 43.3 Å². The van der Waals surface area contributed by atoms with Gasteiger partial charge in [-0.1, -0.05) is 61.7 Å². The van der Waals surface area contributed by atoms with E-state index in [1.54, 1.807) is 11.6 Å². The van der Waals surface area contributed by atoms with Crippen LogP contribution in [0.5, 0.6) is 0 Å². The van der Waals surface area contributed by atoms with Crippen LogP contribution >= 0.6 is 11.8 Å². The number of rotatable bonds is 4. The van der Waals surface area contributed by atoms with Gasteiger partial charge < -0.3 is 5.32 Å². The second-order valence-electron chi connectivity index (χ2n) is 7.93. The minimum absolute atomic E-state index is 0.0229. The molecule has 1 aliphatic rings. The van der Waals surface area contributed by atoms with Crippen LogP contribution in [0.3, 0.4) is 0 Å². The number of amides is 1. The van der Waals surface area contributed by atoms with Crippen LogP contribution in [-0.2, 0) is 11.8 Å². The maximum Gasteiger partial charge on any atom is 0.261 e. The Bertz CT molecular complexity index is 1100. The Balaban J connectivity index is 1.58. The summed E-state index contributed by atoms with van der Waals surface area (Å²) in [6.07, 6.45) is 7.00. The molecule has 1 aromatic heterocycles. The van der Waals surface area contributed by atoms with Crippen LogP contribution in [0.2, 0.25) is 0 Å². The maximum atomic E-state index is 12.9. The molecule has 0 saturated heterocycles. The number of fused-ring (bicyclic) bond motifs is 2. The molecule has 3 aromatic rings. The van der Waals surface area contributed by atoms with E-state index >= 15 is 0 Å². The minimum atomic E-state index is -0.311. The molecule has 0 unspecified atom stereocenters. The number of thioether (sulfide) groups is 1. The van der Waals surface area contributed by atoms with Crippen LogP contribution in [0, 0.1) is 0 Å². The zero-order valence-corrected chi connectivity index (χ0v) is 17.8. The summed E-state index contributed by atoms with van der Waals surface area (Å²) in [6.45, 7) is 1.88. The lowest BCUT2D eigenvalue weighted by molar-refractivity contribution is -0.121. The van der Waals surface area contributed by atoms with Gasteiger partial charge in [-0.05, 0) is 42.7 Å². The highest BCUT2D eigenvalue weighted by Gasteiger charge is 2.22. The number of aromatic nitrogens is 2. The molecule has 6 heteroatoms. The highest BCUT2D eigenvalue weighted by atomic mass is 32.2. The van der Waals surface area contributed by atoms with Crippen molar-refractivity contribution in [2.75, 3.05) is 0 Å². The van der Waals surface area contributed by atoms with Crippen molar-refractivity contribution in [3.8, 4) is 0 Å². The average molecular weight is 410 g/mol. The molecule has 29 heavy (non-hydrogen) atoms. The van der Waals surface area contributed by atoms with Crippen molar-refractivity contribution in [2.45, 2.75) is 61.9 Å². The molecule has 4 rings (SSSR count). The van der Waals surface area contributed by atoms with Crippen LogP contribution in [0.15, 0.2) is 46.3 Å². The topological polar surface area (TPSA) is 64.0 Å². The summed E-state index contributed by atoms with van der Waals surface area (Å²) in [4.78, 5) is 30.3. The molecule has 1 N–H and O–H groups in total. The normalized spacial score (nSPS) is 16.6. The summed E-state index contributed by atoms with van der Waals surface area (Å²) in [5.41, 5.74) is 0.588. The first-order valence-electron chi connectivity index (χ1n) is 10.4. The molecule has 152 valence electrons. The molecule has 1 heterocycles. The average Bonchev–Trinajstić information content (AvgIpc) is 2.99. The molecule has 0 spiro atoms. The van der Waals surface area contributed by atoms with Gasteiger partial charge in [0.05, 0.1) is 16.2 Å². The monoisotopic (exact) mass is 409 g/mol. The Morgan fingerprint density at radius 1 is 1.14 bits per heavy atom. The number of hydrogen-bond donors (Lipinski definition) is 1. The van der Waals surface area contributed by atoms with Crippen molar-refractivity contribution in [1.29, 1.82) is 0 Å². The van der Waals surface area contributed by atoms with Gasteiger partial charge in [-0.2, -0.15) is 0 Å². The lowest BCUT2D eigenvalue weighted by Crippen LogP contribution is -2.39. The van der Waals surface area contributed by atoms with Crippen LogP contribution in [-0.4, -0.2) is 26.8 Å². The minimum Gasteiger partial charge on any atom is -0.352 e. The zero-order valence-electron chi connectivity index (χ0n) is 17.0. The summed E-state index contributed by atoms with van der Waals surface area (Å²) in [5, 5.41) is 6.14. The van der Waals surface area contributed by atoms with Crippen LogP contribution < -0.4 is 10.9 Å². The lowest BCUT2D eigenvalue weighted by atomic mass is 10.1. The fraction of sp³-hybridized carbons (Fsp3) is 0.435. The Labute approximate surface area is 174 Å². The molecular formula is C23H27N3O2S. The number of benzene rings is 2. The SMILES string of the molecule is C[C@H](Sc1nc2cc3ccccc3cc2c(=O)n1C)C(=O)NC1CCCCCC1. The molecule has 1 aliphatic carbocycles. The fourth-order valence-electron chi connectivity index (χ4n) is 4.00. The van der Waals surface area contributed by atoms with Gasteiger partial charge in [-0.25, -0.2) is 4.98 Å². The number of hydrogen-bond acceptors (Lipinski definition) is 4. The van der Waals surface area contributed by atoms with Crippen molar-refractivity contribution in [1.82, 2.24) is 14.9 Å². The Morgan fingerprint density at radius 2 is 1.79 bits per heavy atom. The van der Waals surface area contributed by atoms with Crippen molar-refractivity contribution in [3.63, 3.8) is 0 Å². The molecule has 0 radical (unpaired) electrons. The van der Waals surface area contributed by atoms with Gasteiger partial charge in [0.1, 0.15) is 0 Å². The molecule has 1 atom stereocenters. The second-order valence-corrected chi connectivity index (χ2v) is 9.24. The van der Waals surface area contributed by atoms with E-state index in [-0.39, 0.29) is 22.8 Å². The summed E-state index contributed by atoms with van der Waals surface area (Å²) >= 11 is 1.35. The second kappa shape index (κ2) is 8.57. The number of nitrogens with one attached hydrogen (secondary N) is 1. The largest absolute Gasteiger partial charge is 0.352 e. The van der Waals surface area contributed by atoms with Gasteiger partial charge in [0.15, 0.2) is 5.16 Å². The molecular weight excluding hydrogens is 382 g/mol. The van der Waals surface area contributed by atoms with E-state index in [9.17, 15) is 9.59 Å². The first kappa shape index (κ1) is 20.0. The Morgan fingerprint density at radius 3 is 2.48 bits per heavy atom. The summed E-state index contributed by atoms with van der Waals surface area (Å²) < 4.78 is 1.55. The van der Waals surface area contributed by atoms with Gasteiger partial charge in [0.25, 0.3) is 5.56 Å². The van der Waals surface area contributed by atoms with Crippen molar-refractivity contribution in [2.24, 2.45) is 7.05 Å². The van der Waals surface area contributed by atoms with E-state index in [0.717, 1.165) is 23.6 Å². The van der Waals surface area contributed by atoms with Gasteiger partial charge in [-0.3, -0.25) is 14.2 Å². The third kappa shape index (κ3) is 4.32. The Hall–Kier alpha value is -2.34. The van der Waals surface area contributed by atoms with E-state index < -0.39 is 0 Å². The standard InChI is InChI=1S/C23H27N3O2S/c1-15(21(27)24-18-11-5-3-4-6-12-18)29-23-25-20-14-17-10-8-7-9-16(17)13-19(20)22(28)26(23)2/h7-10,13-15,18H,3-6,11-12H2,1-2H3,(H,24,27)/t15-/m0/s1. The van der Waals surface area contributed by atoms with Gasteiger partial charge >= 0.3 is 0 Å². The summed E-state index contributed by atoms with van der Waals surface area (Å²) in [6, 6.07) is 12.1. The number of carbonyl (C=O) groups is 1. The van der Waals surface area contributed by atoms with Crippen molar-refractivity contribution >= 4 is 39.3 Å². The van der Waals surface area contributed by atoms with Crippen molar-refractivity contribution in [3.05, 3.63) is 46.8 Å². The third-order valence-electron chi connectivity index (χ3n) is 5.76. The van der Waals surface area contributed by atoms with E-state index in [4.69, 9.17) is 4.98 Å². The highest BCUT2D eigenvalue weighted by Crippen LogP contribution is 2.25. The van der Waals surface area contributed by atoms with E-state index in [1.165, 1.54) is 37.4 Å². The molecule has 5 nitrogen and oxygen atoms in total. The Kier molecular flexibility index (Phi) is 5.90. The fourth-order valence-corrected chi connectivity index (χ4v) is 4.88. The van der Waals surface area contributed by atoms with Gasteiger partial charge in [0, 0.05) is 13.1 Å². The molecule has 0 aliphatic heterocycles. The van der Waals surface area contributed by atoms with Crippen LogP contribution in [0.25, 0.3) is 21.7 Å². The molecule has 1 fully saturated rings. The smallest absolute Gasteiger partial charge is 0.261 e. The van der Waals surface area contributed by atoms with Crippen LogP contribution in [0.4, 0.5) is 0 Å². The first-order chi connectivity index (χ1) is 14.0. The van der Waals surface area contributed by atoms with Crippen LogP contribution in [0.1, 0.15) is 45.4 Å². The number of nitrogens with zero attached hydrogens (tertiary/aromatic N) is 2. The van der Waals surface area contributed by atoms with Gasteiger partial charge in [0.2, 0.25) is 5.91 Å². The quantitative estimate of drug-likeness (QED) is 0.300. The zero-order chi connectivity index (χ0) is 20.4. The predicted molar refractivity (Wildman–Crippen MR) is 119 cm³/mol. The van der Waals surface area contributed by atoms with Crippen molar-refractivity contribution < 1.29 is 4.79 Å². The third-order valence-corrected chi connectivity index (χ3v) is 6.90. The maximum absolute atomic E-state index is 12.9.